The number of hydrogen-bond donors (Lipinski definition) is 2. The molecule has 0 aliphatic heterocycles. The number of nitrogens with two attached hydrogens (primary N) is 1. The standard InChI is InChI=1S/C13H20N2O2/c1-15(9-10-16)13(17)12(14)8-7-11-5-3-2-4-6-11/h2-6,12,16H,7-10,14H2,1H3/t12-/m0/s1. The fourth-order valence-corrected chi connectivity index (χ4v) is 1.63. The second-order valence-electron chi connectivity index (χ2n) is 4.11. The zero-order valence-electron chi connectivity index (χ0n) is 10.2. The van der Waals surface area contributed by atoms with Gasteiger partial charge in [-0.3, -0.25) is 4.79 Å². The average molecular weight is 236 g/mol. The first-order valence-electron chi connectivity index (χ1n) is 5.80. The molecule has 0 aliphatic carbocycles. The Kier molecular flexibility index (Phi) is 5.66. The number of carbonyl (C=O) groups excluding carboxylic acids is 1. The van der Waals surface area contributed by atoms with Crippen molar-refractivity contribution in [1.29, 1.82) is 0 Å². The third-order valence-corrected chi connectivity index (χ3v) is 2.72. The van der Waals surface area contributed by atoms with Gasteiger partial charge in [0.25, 0.3) is 0 Å². The van der Waals surface area contributed by atoms with Crippen LogP contribution in [0.4, 0.5) is 0 Å². The molecule has 0 heterocycles. The van der Waals surface area contributed by atoms with Crippen molar-refractivity contribution >= 4 is 5.91 Å². The second kappa shape index (κ2) is 7.04. The highest BCUT2D eigenvalue weighted by Crippen LogP contribution is 2.05. The summed E-state index contributed by atoms with van der Waals surface area (Å²) in [6.07, 6.45) is 1.42. The van der Waals surface area contributed by atoms with E-state index in [1.165, 1.54) is 10.5 Å². The lowest BCUT2D eigenvalue weighted by Gasteiger charge is -2.20. The highest BCUT2D eigenvalue weighted by molar-refractivity contribution is 5.81. The van der Waals surface area contributed by atoms with Crippen LogP contribution in [0.5, 0.6) is 0 Å². The largest absolute Gasteiger partial charge is 0.395 e. The Labute approximate surface area is 102 Å². The van der Waals surface area contributed by atoms with Crippen LogP contribution >= 0.6 is 0 Å². The zero-order valence-corrected chi connectivity index (χ0v) is 10.2. The van der Waals surface area contributed by atoms with Crippen molar-refractivity contribution in [3.63, 3.8) is 0 Å². The molecule has 0 fully saturated rings. The first-order chi connectivity index (χ1) is 8.15. The minimum Gasteiger partial charge on any atom is -0.395 e. The topological polar surface area (TPSA) is 66.6 Å². The molecular weight excluding hydrogens is 216 g/mol. The maximum absolute atomic E-state index is 11.7. The predicted octanol–water partition coefficient (Wildman–Crippen LogP) is 0.397. The molecule has 94 valence electrons. The van der Waals surface area contributed by atoms with Crippen LogP contribution in [0.3, 0.4) is 0 Å². The van der Waals surface area contributed by atoms with Crippen LogP contribution in [-0.2, 0) is 11.2 Å². The van der Waals surface area contributed by atoms with Gasteiger partial charge >= 0.3 is 0 Å². The Balaban J connectivity index is 2.39. The summed E-state index contributed by atoms with van der Waals surface area (Å²) in [5.41, 5.74) is 7.00. The third-order valence-electron chi connectivity index (χ3n) is 2.72. The van der Waals surface area contributed by atoms with Crippen LogP contribution in [0.2, 0.25) is 0 Å². The molecule has 0 bridgehead atoms. The zero-order chi connectivity index (χ0) is 12.7. The maximum atomic E-state index is 11.7. The van der Waals surface area contributed by atoms with E-state index in [0.717, 1.165) is 6.42 Å². The minimum atomic E-state index is -0.494. The van der Waals surface area contributed by atoms with Gasteiger partial charge in [-0.15, -0.1) is 0 Å². The van der Waals surface area contributed by atoms with Crippen LogP contribution in [0.1, 0.15) is 12.0 Å². The molecule has 4 nitrogen and oxygen atoms in total. The van der Waals surface area contributed by atoms with Gasteiger partial charge in [0.15, 0.2) is 0 Å². The van der Waals surface area contributed by atoms with E-state index in [1.54, 1.807) is 7.05 Å². The van der Waals surface area contributed by atoms with Crippen molar-refractivity contribution in [2.45, 2.75) is 18.9 Å². The SMILES string of the molecule is CN(CCO)C(=O)[C@@H](N)CCc1ccccc1. The maximum Gasteiger partial charge on any atom is 0.239 e. The molecule has 1 aromatic carbocycles. The quantitative estimate of drug-likeness (QED) is 0.751. The molecule has 0 aliphatic rings. The lowest BCUT2D eigenvalue weighted by molar-refractivity contribution is -0.131. The Bertz CT molecular complexity index is 341. The summed E-state index contributed by atoms with van der Waals surface area (Å²) in [7, 11) is 1.65. The highest BCUT2D eigenvalue weighted by Gasteiger charge is 2.17. The lowest BCUT2D eigenvalue weighted by Crippen LogP contribution is -2.43. The van der Waals surface area contributed by atoms with Crippen LogP contribution < -0.4 is 5.73 Å². The summed E-state index contributed by atoms with van der Waals surface area (Å²) in [6.45, 7) is 0.297. The Morgan fingerprint density at radius 1 is 1.41 bits per heavy atom. The first-order valence-corrected chi connectivity index (χ1v) is 5.80. The van der Waals surface area contributed by atoms with E-state index in [0.29, 0.717) is 13.0 Å². The van der Waals surface area contributed by atoms with Gasteiger partial charge in [-0.25, -0.2) is 0 Å². The second-order valence-corrected chi connectivity index (χ2v) is 4.11. The van der Waals surface area contributed by atoms with Crippen molar-refractivity contribution in [2.24, 2.45) is 5.73 Å². The third kappa shape index (κ3) is 4.54. The van der Waals surface area contributed by atoms with Crippen molar-refractivity contribution in [1.82, 2.24) is 4.90 Å². The molecule has 1 atom stereocenters. The van der Waals surface area contributed by atoms with Crippen molar-refractivity contribution in [3.05, 3.63) is 35.9 Å². The fraction of sp³-hybridized carbons (Fsp3) is 0.462. The van der Waals surface area contributed by atoms with Gasteiger partial charge in [0, 0.05) is 13.6 Å². The number of aryl methyl sites for hydroxylation is 1. The molecule has 0 spiro atoms. The van der Waals surface area contributed by atoms with E-state index in [9.17, 15) is 4.79 Å². The average Bonchev–Trinajstić information content (AvgIpc) is 2.36. The molecule has 0 unspecified atom stereocenters. The molecular formula is C13H20N2O2. The van der Waals surface area contributed by atoms with Gasteiger partial charge in [-0.2, -0.15) is 0 Å². The van der Waals surface area contributed by atoms with Gasteiger partial charge in [-0.05, 0) is 18.4 Å². The Morgan fingerprint density at radius 3 is 2.65 bits per heavy atom. The summed E-state index contributed by atoms with van der Waals surface area (Å²) in [5.74, 6) is -0.116. The number of carbonyl (C=O) groups is 1. The Hall–Kier alpha value is -1.39. The molecule has 1 aromatic rings. The number of amides is 1. The molecule has 1 rings (SSSR count). The number of benzene rings is 1. The van der Waals surface area contributed by atoms with Gasteiger partial charge in [-0.1, -0.05) is 30.3 Å². The molecule has 0 saturated carbocycles. The molecule has 4 heteroatoms. The molecule has 0 radical (unpaired) electrons. The first kappa shape index (κ1) is 13.7. The predicted molar refractivity (Wildman–Crippen MR) is 67.5 cm³/mol. The minimum absolute atomic E-state index is 0.0341. The smallest absolute Gasteiger partial charge is 0.239 e. The molecule has 0 saturated heterocycles. The number of rotatable bonds is 6. The molecule has 1 amide bonds. The van der Waals surface area contributed by atoms with Gasteiger partial charge in [0.05, 0.1) is 12.6 Å². The molecule has 17 heavy (non-hydrogen) atoms. The van der Waals surface area contributed by atoms with E-state index < -0.39 is 6.04 Å². The van der Waals surface area contributed by atoms with Crippen molar-refractivity contribution < 1.29 is 9.90 Å². The van der Waals surface area contributed by atoms with Gasteiger partial charge in [0.2, 0.25) is 5.91 Å². The van der Waals surface area contributed by atoms with E-state index in [2.05, 4.69) is 0 Å². The van der Waals surface area contributed by atoms with Crippen molar-refractivity contribution in [2.75, 3.05) is 20.2 Å². The summed E-state index contributed by atoms with van der Waals surface area (Å²) in [4.78, 5) is 13.2. The summed E-state index contributed by atoms with van der Waals surface area (Å²) >= 11 is 0. The monoisotopic (exact) mass is 236 g/mol. The molecule has 0 aromatic heterocycles. The summed E-state index contributed by atoms with van der Waals surface area (Å²) in [5, 5.41) is 8.74. The molecule has 3 N–H and O–H groups in total. The Morgan fingerprint density at radius 2 is 2.06 bits per heavy atom. The van der Waals surface area contributed by atoms with Gasteiger partial charge in [0.1, 0.15) is 0 Å². The number of aliphatic hydroxyl groups excluding tert-OH is 1. The number of likely N-dealkylation sites (N-methyl/N-ethyl adjacent to an activating group) is 1. The summed E-state index contributed by atoms with van der Waals surface area (Å²) < 4.78 is 0. The van der Waals surface area contributed by atoms with E-state index in [-0.39, 0.29) is 12.5 Å². The van der Waals surface area contributed by atoms with E-state index in [4.69, 9.17) is 10.8 Å². The van der Waals surface area contributed by atoms with E-state index >= 15 is 0 Å². The van der Waals surface area contributed by atoms with Crippen LogP contribution in [0.25, 0.3) is 0 Å². The van der Waals surface area contributed by atoms with Crippen LogP contribution in [0, 0.1) is 0 Å². The lowest BCUT2D eigenvalue weighted by atomic mass is 10.1. The van der Waals surface area contributed by atoms with Crippen LogP contribution in [0.15, 0.2) is 30.3 Å². The summed E-state index contributed by atoms with van der Waals surface area (Å²) in [6, 6.07) is 9.46. The van der Waals surface area contributed by atoms with Crippen LogP contribution in [-0.4, -0.2) is 42.2 Å². The number of aliphatic hydroxyl groups is 1. The fourth-order valence-electron chi connectivity index (χ4n) is 1.63. The van der Waals surface area contributed by atoms with E-state index in [1.807, 2.05) is 30.3 Å². The number of nitrogens with zero attached hydrogens (tertiary/aromatic N) is 1. The van der Waals surface area contributed by atoms with Crippen molar-refractivity contribution in [3.8, 4) is 0 Å². The normalized spacial score (nSPS) is 12.2. The number of hydrogen-bond acceptors (Lipinski definition) is 3. The van der Waals surface area contributed by atoms with Gasteiger partial charge < -0.3 is 15.7 Å². The highest BCUT2D eigenvalue weighted by atomic mass is 16.3.